The minimum atomic E-state index is 0.697. The summed E-state index contributed by atoms with van der Waals surface area (Å²) in [5, 5.41) is 3.51. The van der Waals surface area contributed by atoms with E-state index in [1.165, 1.54) is 12.8 Å². The average Bonchev–Trinajstić information content (AvgIpc) is 3.14. The van der Waals surface area contributed by atoms with Gasteiger partial charge in [0.15, 0.2) is 0 Å². The number of halogens is 1. The van der Waals surface area contributed by atoms with Gasteiger partial charge in [0.05, 0.1) is 29.3 Å². The fourth-order valence-corrected chi connectivity index (χ4v) is 2.43. The maximum atomic E-state index is 5.34. The molecule has 19 heavy (non-hydrogen) atoms. The number of hydrogen-bond acceptors (Lipinski definition) is 3. The molecule has 0 radical (unpaired) electrons. The summed E-state index contributed by atoms with van der Waals surface area (Å²) >= 11 is 3.47. The molecule has 0 aliphatic heterocycles. The Morgan fingerprint density at radius 1 is 1.47 bits per heavy atom. The van der Waals surface area contributed by atoms with Crippen molar-refractivity contribution in [3.05, 3.63) is 40.9 Å². The van der Waals surface area contributed by atoms with Crippen LogP contribution in [0.1, 0.15) is 18.5 Å². The number of imidazole rings is 1. The van der Waals surface area contributed by atoms with Crippen LogP contribution >= 0.6 is 15.9 Å². The molecule has 1 fully saturated rings. The zero-order valence-electron chi connectivity index (χ0n) is 10.8. The molecule has 1 aromatic carbocycles. The lowest BCUT2D eigenvalue weighted by molar-refractivity contribution is 0.412. The first kappa shape index (κ1) is 12.7. The molecule has 1 saturated carbocycles. The van der Waals surface area contributed by atoms with Gasteiger partial charge in [-0.25, -0.2) is 4.98 Å². The van der Waals surface area contributed by atoms with Gasteiger partial charge in [0.2, 0.25) is 0 Å². The molecule has 0 spiro atoms. The van der Waals surface area contributed by atoms with E-state index < -0.39 is 0 Å². The normalized spacial score (nSPS) is 14.6. The average molecular weight is 322 g/mol. The monoisotopic (exact) mass is 321 g/mol. The molecule has 4 nitrogen and oxygen atoms in total. The zero-order chi connectivity index (χ0) is 13.2. The van der Waals surface area contributed by atoms with Gasteiger partial charge in [-0.3, -0.25) is 0 Å². The van der Waals surface area contributed by atoms with Crippen LogP contribution in [0.2, 0.25) is 0 Å². The molecule has 0 unspecified atom stereocenters. The van der Waals surface area contributed by atoms with Crippen molar-refractivity contribution in [2.45, 2.75) is 25.4 Å². The summed E-state index contributed by atoms with van der Waals surface area (Å²) in [6, 6.07) is 6.75. The van der Waals surface area contributed by atoms with Gasteiger partial charge in [-0.05, 0) is 40.9 Å². The number of aromatic nitrogens is 2. The molecule has 1 aliphatic rings. The molecule has 0 bridgehead atoms. The molecule has 0 saturated heterocycles. The Labute approximate surface area is 120 Å². The molecule has 2 aromatic rings. The van der Waals surface area contributed by atoms with Gasteiger partial charge in [-0.2, -0.15) is 0 Å². The van der Waals surface area contributed by atoms with Crippen molar-refractivity contribution in [2.75, 3.05) is 7.11 Å². The second-order valence-electron chi connectivity index (χ2n) is 4.73. The van der Waals surface area contributed by atoms with Gasteiger partial charge < -0.3 is 14.6 Å². The van der Waals surface area contributed by atoms with Crippen LogP contribution < -0.4 is 10.1 Å². The highest BCUT2D eigenvalue weighted by molar-refractivity contribution is 9.10. The topological polar surface area (TPSA) is 39.1 Å². The van der Waals surface area contributed by atoms with E-state index in [0.717, 1.165) is 28.1 Å². The summed E-state index contributed by atoms with van der Waals surface area (Å²) < 4.78 is 8.38. The quantitative estimate of drug-likeness (QED) is 0.920. The van der Waals surface area contributed by atoms with Crippen LogP contribution in [0.4, 0.5) is 0 Å². The second kappa shape index (κ2) is 5.35. The largest absolute Gasteiger partial charge is 0.495 e. The molecular formula is C14H16BrN3O. The molecule has 0 amide bonds. The van der Waals surface area contributed by atoms with E-state index in [0.29, 0.717) is 6.04 Å². The fourth-order valence-electron chi connectivity index (χ4n) is 2.02. The second-order valence-corrected chi connectivity index (χ2v) is 5.58. The SMILES string of the molecule is COc1cc(-n2cncc2CNC2CC2)ccc1Br. The number of nitrogens with one attached hydrogen (secondary N) is 1. The minimum Gasteiger partial charge on any atom is -0.495 e. The van der Waals surface area contributed by atoms with Gasteiger partial charge >= 0.3 is 0 Å². The minimum absolute atomic E-state index is 0.697. The Bertz CT molecular complexity index is 578. The first-order valence-electron chi connectivity index (χ1n) is 6.36. The number of hydrogen-bond donors (Lipinski definition) is 1. The summed E-state index contributed by atoms with van der Waals surface area (Å²) in [5.74, 6) is 0.826. The van der Waals surface area contributed by atoms with Crippen molar-refractivity contribution >= 4 is 15.9 Å². The van der Waals surface area contributed by atoms with Gasteiger partial charge in [-0.1, -0.05) is 0 Å². The number of benzene rings is 1. The number of rotatable bonds is 5. The lowest BCUT2D eigenvalue weighted by Crippen LogP contribution is -2.17. The van der Waals surface area contributed by atoms with Crippen LogP contribution in [0.5, 0.6) is 5.75 Å². The lowest BCUT2D eigenvalue weighted by Gasteiger charge is -2.11. The molecule has 100 valence electrons. The molecule has 1 aliphatic carbocycles. The predicted octanol–water partition coefficient (Wildman–Crippen LogP) is 2.90. The van der Waals surface area contributed by atoms with E-state index in [2.05, 4.69) is 36.9 Å². The third-order valence-electron chi connectivity index (χ3n) is 3.28. The molecule has 3 rings (SSSR count). The zero-order valence-corrected chi connectivity index (χ0v) is 12.4. The van der Waals surface area contributed by atoms with Gasteiger partial charge in [-0.15, -0.1) is 0 Å². The number of nitrogens with zero attached hydrogens (tertiary/aromatic N) is 2. The Hall–Kier alpha value is -1.33. The third kappa shape index (κ3) is 2.82. The van der Waals surface area contributed by atoms with Crippen molar-refractivity contribution < 1.29 is 4.74 Å². The molecule has 1 N–H and O–H groups in total. The Morgan fingerprint density at radius 2 is 2.32 bits per heavy atom. The highest BCUT2D eigenvalue weighted by atomic mass is 79.9. The summed E-state index contributed by atoms with van der Waals surface area (Å²) in [4.78, 5) is 4.25. The van der Waals surface area contributed by atoms with Crippen molar-refractivity contribution in [2.24, 2.45) is 0 Å². The summed E-state index contributed by atoms with van der Waals surface area (Å²) in [6.45, 7) is 0.850. The lowest BCUT2D eigenvalue weighted by atomic mass is 10.3. The van der Waals surface area contributed by atoms with E-state index in [1.807, 2.05) is 24.7 Å². The van der Waals surface area contributed by atoms with Crippen molar-refractivity contribution in [1.29, 1.82) is 0 Å². The third-order valence-corrected chi connectivity index (χ3v) is 3.93. The van der Waals surface area contributed by atoms with Crippen LogP contribution in [0, 0.1) is 0 Å². The smallest absolute Gasteiger partial charge is 0.135 e. The highest BCUT2D eigenvalue weighted by Gasteiger charge is 2.20. The standard InChI is InChI=1S/C14H16BrN3O/c1-19-14-6-11(4-5-13(14)15)18-9-16-7-12(18)8-17-10-2-3-10/h4-7,9-10,17H,2-3,8H2,1H3. The van der Waals surface area contributed by atoms with Crippen LogP contribution in [-0.4, -0.2) is 22.7 Å². The predicted molar refractivity (Wildman–Crippen MR) is 77.7 cm³/mol. The van der Waals surface area contributed by atoms with E-state index >= 15 is 0 Å². The van der Waals surface area contributed by atoms with Crippen LogP contribution in [0.3, 0.4) is 0 Å². The summed E-state index contributed by atoms with van der Waals surface area (Å²) in [5.41, 5.74) is 2.22. The Kier molecular flexibility index (Phi) is 3.57. The van der Waals surface area contributed by atoms with Crippen LogP contribution in [-0.2, 0) is 6.54 Å². The van der Waals surface area contributed by atoms with E-state index in [1.54, 1.807) is 7.11 Å². The Balaban J connectivity index is 1.86. The van der Waals surface area contributed by atoms with Gasteiger partial charge in [0.25, 0.3) is 0 Å². The van der Waals surface area contributed by atoms with E-state index in [4.69, 9.17) is 4.74 Å². The molecule has 1 heterocycles. The summed E-state index contributed by atoms with van der Waals surface area (Å²) in [6.07, 6.45) is 6.33. The summed E-state index contributed by atoms with van der Waals surface area (Å²) in [7, 11) is 1.67. The molecule has 1 aromatic heterocycles. The first-order chi connectivity index (χ1) is 9.28. The van der Waals surface area contributed by atoms with E-state index in [-0.39, 0.29) is 0 Å². The highest BCUT2D eigenvalue weighted by Crippen LogP contribution is 2.28. The maximum absolute atomic E-state index is 5.34. The van der Waals surface area contributed by atoms with Crippen LogP contribution in [0.25, 0.3) is 5.69 Å². The van der Waals surface area contributed by atoms with Gasteiger partial charge in [0, 0.05) is 24.8 Å². The molecular weight excluding hydrogens is 306 g/mol. The number of methoxy groups -OCH3 is 1. The van der Waals surface area contributed by atoms with E-state index in [9.17, 15) is 0 Å². The maximum Gasteiger partial charge on any atom is 0.135 e. The fraction of sp³-hybridized carbons (Fsp3) is 0.357. The molecule has 5 heteroatoms. The molecule has 0 atom stereocenters. The Morgan fingerprint density at radius 3 is 3.05 bits per heavy atom. The van der Waals surface area contributed by atoms with Crippen molar-refractivity contribution in [3.8, 4) is 11.4 Å². The number of ether oxygens (including phenoxy) is 1. The first-order valence-corrected chi connectivity index (χ1v) is 7.16. The van der Waals surface area contributed by atoms with Crippen LogP contribution in [0.15, 0.2) is 35.2 Å². The van der Waals surface area contributed by atoms with Crippen molar-refractivity contribution in [1.82, 2.24) is 14.9 Å². The van der Waals surface area contributed by atoms with Gasteiger partial charge in [0.1, 0.15) is 5.75 Å². The van der Waals surface area contributed by atoms with Crippen molar-refractivity contribution in [3.63, 3.8) is 0 Å².